The van der Waals surface area contributed by atoms with Crippen LogP contribution in [0.25, 0.3) is 22.6 Å². The maximum Gasteiger partial charge on any atom is 0.279 e. The number of H-pyrrole nitrogens is 1. The van der Waals surface area contributed by atoms with E-state index in [-0.39, 0.29) is 5.56 Å². The minimum atomic E-state index is -0.0567. The van der Waals surface area contributed by atoms with Gasteiger partial charge < -0.3 is 4.98 Å². The van der Waals surface area contributed by atoms with E-state index in [4.69, 9.17) is 23.2 Å². The van der Waals surface area contributed by atoms with Crippen molar-refractivity contribution in [3.63, 3.8) is 0 Å². The second kappa shape index (κ2) is 5.65. The highest BCUT2D eigenvalue weighted by Gasteiger charge is 2.17. The Morgan fingerprint density at radius 3 is 2.61 bits per heavy atom. The molecule has 1 aromatic carbocycles. The van der Waals surface area contributed by atoms with Gasteiger partial charge in [0.2, 0.25) is 0 Å². The van der Waals surface area contributed by atoms with Crippen LogP contribution < -0.4 is 5.56 Å². The number of aryl methyl sites for hydroxylation is 1. The van der Waals surface area contributed by atoms with Gasteiger partial charge in [0.25, 0.3) is 5.56 Å². The van der Waals surface area contributed by atoms with E-state index < -0.39 is 0 Å². The quantitative estimate of drug-likeness (QED) is 0.726. The molecule has 2 aromatic heterocycles. The lowest BCUT2D eigenvalue weighted by Crippen LogP contribution is -2.24. The average molecular weight is 349 g/mol. The van der Waals surface area contributed by atoms with E-state index in [2.05, 4.69) is 15.0 Å². The first kappa shape index (κ1) is 14.7. The van der Waals surface area contributed by atoms with Crippen molar-refractivity contribution < 1.29 is 0 Å². The van der Waals surface area contributed by atoms with E-state index in [0.717, 1.165) is 37.1 Å². The second-order valence-electron chi connectivity index (χ2n) is 5.74. The molecule has 118 valence electrons. The van der Waals surface area contributed by atoms with E-state index in [0.29, 0.717) is 33.6 Å². The van der Waals surface area contributed by atoms with Gasteiger partial charge in [-0.3, -0.25) is 9.36 Å². The van der Waals surface area contributed by atoms with Gasteiger partial charge in [-0.25, -0.2) is 9.97 Å². The molecule has 4 rings (SSSR count). The molecule has 0 saturated heterocycles. The molecule has 0 spiro atoms. The van der Waals surface area contributed by atoms with Crippen molar-refractivity contribution in [1.29, 1.82) is 0 Å². The van der Waals surface area contributed by atoms with Crippen LogP contribution in [0, 0.1) is 0 Å². The molecule has 0 radical (unpaired) electrons. The van der Waals surface area contributed by atoms with Crippen molar-refractivity contribution in [2.45, 2.75) is 32.2 Å². The summed E-state index contributed by atoms with van der Waals surface area (Å²) in [6.45, 7) is 0.717. The SMILES string of the molecule is O=c1c2[nH]c(-c3cc(Cl)cc(Cl)c3)nc2nc2n1CCCCC2. The molecule has 1 N–H and O–H groups in total. The summed E-state index contributed by atoms with van der Waals surface area (Å²) in [6, 6.07) is 5.17. The molecule has 5 nitrogen and oxygen atoms in total. The Labute approximate surface area is 142 Å². The van der Waals surface area contributed by atoms with Crippen LogP contribution in [0.15, 0.2) is 23.0 Å². The molecular weight excluding hydrogens is 335 g/mol. The van der Waals surface area contributed by atoms with Gasteiger partial charge in [0, 0.05) is 28.6 Å². The fourth-order valence-electron chi connectivity index (χ4n) is 3.01. The van der Waals surface area contributed by atoms with Crippen LogP contribution in [0.3, 0.4) is 0 Å². The Kier molecular flexibility index (Phi) is 3.62. The van der Waals surface area contributed by atoms with Crippen LogP contribution in [-0.4, -0.2) is 19.5 Å². The molecule has 0 bridgehead atoms. The van der Waals surface area contributed by atoms with Crippen LogP contribution in [0.4, 0.5) is 0 Å². The maximum absolute atomic E-state index is 12.7. The predicted octanol–water partition coefficient (Wildman–Crippen LogP) is 3.82. The molecule has 0 aliphatic carbocycles. The minimum absolute atomic E-state index is 0.0567. The summed E-state index contributed by atoms with van der Waals surface area (Å²) in [5, 5.41) is 1.04. The highest BCUT2D eigenvalue weighted by Crippen LogP contribution is 2.26. The minimum Gasteiger partial charge on any atom is -0.332 e. The van der Waals surface area contributed by atoms with E-state index in [1.165, 1.54) is 0 Å². The Bertz CT molecular complexity index is 940. The summed E-state index contributed by atoms with van der Waals surface area (Å²) in [4.78, 5) is 24.8. The normalized spacial score (nSPS) is 14.7. The van der Waals surface area contributed by atoms with Crippen LogP contribution >= 0.6 is 23.2 Å². The first-order chi connectivity index (χ1) is 11.1. The van der Waals surface area contributed by atoms with E-state index in [1.807, 2.05) is 0 Å². The fourth-order valence-corrected chi connectivity index (χ4v) is 3.53. The van der Waals surface area contributed by atoms with Gasteiger partial charge in [-0.1, -0.05) is 29.6 Å². The number of aromatic amines is 1. The number of imidazole rings is 1. The fraction of sp³-hybridized carbons (Fsp3) is 0.312. The third kappa shape index (κ3) is 2.64. The summed E-state index contributed by atoms with van der Waals surface area (Å²) < 4.78 is 1.77. The Balaban J connectivity index is 1.91. The Morgan fingerprint density at radius 2 is 1.83 bits per heavy atom. The van der Waals surface area contributed by atoms with Gasteiger partial charge in [0.1, 0.15) is 11.6 Å². The van der Waals surface area contributed by atoms with Crippen molar-refractivity contribution in [2.75, 3.05) is 0 Å². The molecule has 1 aliphatic heterocycles. The summed E-state index contributed by atoms with van der Waals surface area (Å²) in [5.74, 6) is 1.37. The lowest BCUT2D eigenvalue weighted by atomic mass is 10.2. The molecule has 7 heteroatoms. The van der Waals surface area contributed by atoms with E-state index >= 15 is 0 Å². The standard InChI is InChI=1S/C16H14Cl2N4O/c17-10-6-9(7-11(18)8-10)14-20-13-15(21-14)19-12-4-2-1-3-5-22(12)16(13)23/h6-8H,1-5H2,(H,20,21). The Morgan fingerprint density at radius 1 is 1.04 bits per heavy atom. The monoisotopic (exact) mass is 348 g/mol. The molecule has 0 unspecified atom stereocenters. The molecule has 23 heavy (non-hydrogen) atoms. The topological polar surface area (TPSA) is 63.6 Å². The van der Waals surface area contributed by atoms with E-state index in [9.17, 15) is 4.79 Å². The molecular formula is C16H14Cl2N4O. The number of hydrogen-bond acceptors (Lipinski definition) is 3. The number of hydrogen-bond donors (Lipinski definition) is 1. The third-order valence-corrected chi connectivity index (χ3v) is 4.54. The van der Waals surface area contributed by atoms with Crippen molar-refractivity contribution in [3.8, 4) is 11.4 Å². The first-order valence-corrected chi connectivity index (χ1v) is 8.33. The number of aromatic nitrogens is 4. The first-order valence-electron chi connectivity index (χ1n) is 7.58. The summed E-state index contributed by atoms with van der Waals surface area (Å²) in [5.41, 5.74) is 1.56. The molecule has 0 fully saturated rings. The van der Waals surface area contributed by atoms with Crippen LogP contribution in [0.5, 0.6) is 0 Å². The number of fused-ring (bicyclic) bond motifs is 2. The summed E-state index contributed by atoms with van der Waals surface area (Å²) >= 11 is 12.1. The number of halogens is 2. The van der Waals surface area contributed by atoms with E-state index in [1.54, 1.807) is 22.8 Å². The van der Waals surface area contributed by atoms with Gasteiger partial charge in [-0.15, -0.1) is 0 Å². The lowest BCUT2D eigenvalue weighted by Gasteiger charge is -2.06. The average Bonchev–Trinajstić information content (AvgIpc) is 2.78. The van der Waals surface area contributed by atoms with Crippen LogP contribution in [0.1, 0.15) is 25.1 Å². The van der Waals surface area contributed by atoms with Gasteiger partial charge in [0.05, 0.1) is 0 Å². The van der Waals surface area contributed by atoms with Gasteiger partial charge in [-0.2, -0.15) is 0 Å². The lowest BCUT2D eigenvalue weighted by molar-refractivity contribution is 0.613. The zero-order chi connectivity index (χ0) is 16.0. The highest BCUT2D eigenvalue weighted by molar-refractivity contribution is 6.35. The van der Waals surface area contributed by atoms with Crippen LogP contribution in [-0.2, 0) is 13.0 Å². The van der Waals surface area contributed by atoms with Crippen molar-refractivity contribution >= 4 is 34.4 Å². The molecule has 1 aliphatic rings. The second-order valence-corrected chi connectivity index (χ2v) is 6.61. The number of nitrogens with one attached hydrogen (secondary N) is 1. The van der Waals surface area contributed by atoms with Crippen LogP contribution in [0.2, 0.25) is 10.0 Å². The molecule has 3 aromatic rings. The van der Waals surface area contributed by atoms with Crippen molar-refractivity contribution in [1.82, 2.24) is 19.5 Å². The number of benzene rings is 1. The van der Waals surface area contributed by atoms with Gasteiger partial charge >= 0.3 is 0 Å². The molecule has 0 amide bonds. The molecule has 0 atom stereocenters. The zero-order valence-electron chi connectivity index (χ0n) is 12.3. The summed E-state index contributed by atoms with van der Waals surface area (Å²) in [7, 11) is 0. The molecule has 0 saturated carbocycles. The van der Waals surface area contributed by atoms with Crippen molar-refractivity contribution in [2.24, 2.45) is 0 Å². The highest BCUT2D eigenvalue weighted by atomic mass is 35.5. The third-order valence-electron chi connectivity index (χ3n) is 4.11. The predicted molar refractivity (Wildman–Crippen MR) is 91.2 cm³/mol. The zero-order valence-corrected chi connectivity index (χ0v) is 13.8. The maximum atomic E-state index is 12.7. The molecule has 3 heterocycles. The number of nitrogens with zero attached hydrogens (tertiary/aromatic N) is 3. The Hall–Kier alpha value is -1.85. The smallest absolute Gasteiger partial charge is 0.279 e. The largest absolute Gasteiger partial charge is 0.332 e. The van der Waals surface area contributed by atoms with Crippen molar-refractivity contribution in [3.05, 3.63) is 44.4 Å². The van der Waals surface area contributed by atoms with Gasteiger partial charge in [0.15, 0.2) is 11.2 Å². The number of rotatable bonds is 1. The van der Waals surface area contributed by atoms with Gasteiger partial charge in [-0.05, 0) is 31.0 Å². The summed E-state index contributed by atoms with van der Waals surface area (Å²) in [6.07, 6.45) is 4.00.